The van der Waals surface area contributed by atoms with Crippen LogP contribution in [0.1, 0.15) is 23.3 Å². The Morgan fingerprint density at radius 1 is 0.462 bits per heavy atom. The fraction of sp³-hybridized carbons (Fsp3) is 0.0833. The molecular weight excluding hydrogens is 320 g/mol. The first-order valence-electron chi connectivity index (χ1n) is 8.86. The lowest BCUT2D eigenvalue weighted by molar-refractivity contribution is -0.344. The average molecular weight is 338 g/mol. The summed E-state index contributed by atoms with van der Waals surface area (Å²) in [6.07, 6.45) is 3.79. The van der Waals surface area contributed by atoms with Crippen LogP contribution in [0, 0.1) is 0 Å². The molecule has 4 aromatic rings. The number of rotatable bonds is 2. The summed E-state index contributed by atoms with van der Waals surface area (Å²) in [5, 5.41) is 4.80. The molecule has 0 fully saturated rings. The van der Waals surface area contributed by atoms with E-state index in [2.05, 4.69) is 97.1 Å². The van der Waals surface area contributed by atoms with Crippen molar-refractivity contribution in [2.75, 3.05) is 0 Å². The van der Waals surface area contributed by atoms with Crippen molar-refractivity contribution in [1.29, 1.82) is 0 Å². The topological polar surface area (TPSA) is 18.5 Å². The zero-order chi connectivity index (χ0) is 17.3. The monoisotopic (exact) mass is 338 g/mol. The molecule has 0 aromatic heterocycles. The molecule has 2 nitrogen and oxygen atoms in total. The molecule has 0 saturated carbocycles. The second-order valence-electron chi connectivity index (χ2n) is 6.56. The molecule has 0 spiro atoms. The minimum absolute atomic E-state index is 0.202. The molecule has 2 atom stereocenters. The van der Waals surface area contributed by atoms with Crippen LogP contribution in [0.4, 0.5) is 0 Å². The molecule has 5 rings (SSSR count). The second kappa shape index (κ2) is 6.41. The number of benzene rings is 4. The van der Waals surface area contributed by atoms with Crippen molar-refractivity contribution >= 4 is 21.5 Å². The lowest BCUT2D eigenvalue weighted by Gasteiger charge is -2.25. The van der Waals surface area contributed by atoms with Crippen molar-refractivity contribution in [1.82, 2.24) is 0 Å². The van der Waals surface area contributed by atoms with Crippen LogP contribution in [0.15, 0.2) is 97.1 Å². The fourth-order valence-electron chi connectivity index (χ4n) is 3.69. The van der Waals surface area contributed by atoms with Crippen molar-refractivity contribution in [3.05, 3.63) is 108 Å². The molecule has 2 unspecified atom stereocenters. The van der Waals surface area contributed by atoms with Crippen LogP contribution in [-0.2, 0) is 9.78 Å². The second-order valence-corrected chi connectivity index (χ2v) is 6.56. The Kier molecular flexibility index (Phi) is 3.78. The van der Waals surface area contributed by atoms with Gasteiger partial charge in [0.05, 0.1) is 0 Å². The molecule has 26 heavy (non-hydrogen) atoms. The van der Waals surface area contributed by atoms with Crippen LogP contribution in [0.25, 0.3) is 21.5 Å². The maximum absolute atomic E-state index is 5.80. The maximum atomic E-state index is 5.80. The highest BCUT2D eigenvalue weighted by Crippen LogP contribution is 2.36. The van der Waals surface area contributed by atoms with E-state index in [0.717, 1.165) is 11.1 Å². The summed E-state index contributed by atoms with van der Waals surface area (Å²) in [4.78, 5) is 11.6. The van der Waals surface area contributed by atoms with Gasteiger partial charge < -0.3 is 0 Å². The largest absolute Gasteiger partial charge is 0.223 e. The third kappa shape index (κ3) is 2.60. The molecule has 1 heterocycles. The maximum Gasteiger partial charge on any atom is 0.137 e. The standard InChI is InChI=1S/C24H18O2/c1-3-11-19-17(7-1)9-5-13-21(19)23-15-16-24(26-25-23)22-14-6-10-18-8-2-4-12-20(18)22/h1-16,23-24H. The Bertz CT molecular complexity index is 1010. The van der Waals surface area contributed by atoms with Crippen LogP contribution >= 0.6 is 0 Å². The van der Waals surface area contributed by atoms with Crippen molar-refractivity contribution in [2.24, 2.45) is 0 Å². The van der Waals surface area contributed by atoms with Crippen LogP contribution in [0.2, 0.25) is 0 Å². The van der Waals surface area contributed by atoms with Gasteiger partial charge in [-0.15, -0.1) is 0 Å². The quantitative estimate of drug-likeness (QED) is 0.316. The Balaban J connectivity index is 1.50. The van der Waals surface area contributed by atoms with E-state index in [1.54, 1.807) is 0 Å². The van der Waals surface area contributed by atoms with Crippen molar-refractivity contribution in [2.45, 2.75) is 12.2 Å². The lowest BCUT2D eigenvalue weighted by Crippen LogP contribution is -2.13. The summed E-state index contributed by atoms with van der Waals surface area (Å²) >= 11 is 0. The van der Waals surface area contributed by atoms with Gasteiger partial charge in [0, 0.05) is 0 Å². The lowest BCUT2D eigenvalue weighted by atomic mass is 9.97. The Morgan fingerprint density at radius 2 is 0.885 bits per heavy atom. The Morgan fingerprint density at radius 3 is 1.35 bits per heavy atom. The van der Waals surface area contributed by atoms with Gasteiger partial charge in [-0.05, 0) is 44.8 Å². The SMILES string of the molecule is C1=CC(c2cccc3ccccc23)OOC1c1cccc2ccccc12. The van der Waals surface area contributed by atoms with Crippen LogP contribution in [0.5, 0.6) is 0 Å². The third-order valence-corrected chi connectivity index (χ3v) is 4.98. The van der Waals surface area contributed by atoms with E-state index in [-0.39, 0.29) is 12.2 Å². The number of hydrogen-bond donors (Lipinski definition) is 0. The summed E-state index contributed by atoms with van der Waals surface area (Å²) in [6, 6.07) is 29.2. The molecule has 4 aromatic carbocycles. The van der Waals surface area contributed by atoms with Gasteiger partial charge in [0.2, 0.25) is 0 Å². The van der Waals surface area contributed by atoms with Gasteiger partial charge in [-0.3, -0.25) is 0 Å². The van der Waals surface area contributed by atoms with E-state index < -0.39 is 0 Å². The van der Waals surface area contributed by atoms with E-state index in [1.165, 1.54) is 21.5 Å². The van der Waals surface area contributed by atoms with E-state index in [4.69, 9.17) is 9.78 Å². The van der Waals surface area contributed by atoms with E-state index in [1.807, 2.05) is 0 Å². The van der Waals surface area contributed by atoms with Gasteiger partial charge in [0.25, 0.3) is 0 Å². The molecule has 0 radical (unpaired) electrons. The molecule has 0 N–H and O–H groups in total. The van der Waals surface area contributed by atoms with E-state index in [9.17, 15) is 0 Å². The van der Waals surface area contributed by atoms with Gasteiger partial charge in [-0.1, -0.05) is 84.9 Å². The first-order chi connectivity index (χ1) is 12.9. The van der Waals surface area contributed by atoms with E-state index in [0.29, 0.717) is 0 Å². The number of fused-ring (bicyclic) bond motifs is 2. The highest BCUT2D eigenvalue weighted by molar-refractivity contribution is 5.87. The predicted molar refractivity (Wildman–Crippen MR) is 105 cm³/mol. The van der Waals surface area contributed by atoms with Crippen molar-refractivity contribution < 1.29 is 9.78 Å². The molecular formula is C24H18O2. The zero-order valence-corrected chi connectivity index (χ0v) is 14.2. The highest BCUT2D eigenvalue weighted by atomic mass is 17.2. The van der Waals surface area contributed by atoms with Gasteiger partial charge in [0.15, 0.2) is 0 Å². The summed E-state index contributed by atoms with van der Waals surface area (Å²) in [6.45, 7) is 0. The zero-order valence-electron chi connectivity index (χ0n) is 14.2. The number of hydrogen-bond acceptors (Lipinski definition) is 2. The molecule has 1 aliphatic heterocycles. The van der Waals surface area contributed by atoms with Crippen LogP contribution < -0.4 is 0 Å². The smallest absolute Gasteiger partial charge is 0.137 e. The van der Waals surface area contributed by atoms with E-state index >= 15 is 0 Å². The fourth-order valence-corrected chi connectivity index (χ4v) is 3.69. The van der Waals surface area contributed by atoms with Gasteiger partial charge in [-0.25, -0.2) is 9.78 Å². The molecule has 126 valence electrons. The predicted octanol–water partition coefficient (Wildman–Crippen LogP) is 6.29. The molecule has 1 aliphatic rings. The van der Waals surface area contributed by atoms with Crippen LogP contribution in [-0.4, -0.2) is 0 Å². The van der Waals surface area contributed by atoms with Gasteiger partial charge in [0.1, 0.15) is 12.2 Å². The summed E-state index contributed by atoms with van der Waals surface area (Å²) < 4.78 is 0. The first kappa shape index (κ1) is 15.3. The Labute approximate surface area is 152 Å². The minimum Gasteiger partial charge on any atom is -0.223 e. The third-order valence-electron chi connectivity index (χ3n) is 4.98. The van der Waals surface area contributed by atoms with Gasteiger partial charge >= 0.3 is 0 Å². The van der Waals surface area contributed by atoms with Gasteiger partial charge in [-0.2, -0.15) is 0 Å². The first-order valence-corrected chi connectivity index (χ1v) is 8.86. The molecule has 0 aliphatic carbocycles. The van der Waals surface area contributed by atoms with Crippen LogP contribution in [0.3, 0.4) is 0 Å². The normalized spacial score (nSPS) is 19.8. The average Bonchev–Trinajstić information content (AvgIpc) is 2.73. The minimum atomic E-state index is -0.202. The van der Waals surface area contributed by atoms with Crippen molar-refractivity contribution in [3.63, 3.8) is 0 Å². The Hall–Kier alpha value is -2.94. The summed E-state index contributed by atoms with van der Waals surface area (Å²) in [5.74, 6) is 0. The molecule has 0 bridgehead atoms. The molecule has 2 heteroatoms. The summed E-state index contributed by atoms with van der Waals surface area (Å²) in [5.41, 5.74) is 2.24. The molecule has 0 saturated heterocycles. The highest BCUT2D eigenvalue weighted by Gasteiger charge is 2.22. The summed E-state index contributed by atoms with van der Waals surface area (Å²) in [7, 11) is 0. The molecule has 0 amide bonds. The van der Waals surface area contributed by atoms with Crippen molar-refractivity contribution in [3.8, 4) is 0 Å².